The fourth-order valence-electron chi connectivity index (χ4n) is 4.24. The fraction of sp³-hybridized carbons (Fsp3) is 0.0741. The lowest BCUT2D eigenvalue weighted by Gasteiger charge is -2.25. The van der Waals surface area contributed by atoms with Gasteiger partial charge in [-0.05, 0) is 41.1 Å². The molecule has 1 N–H and O–H groups in total. The molecule has 36 heavy (non-hydrogen) atoms. The van der Waals surface area contributed by atoms with Crippen LogP contribution in [0.5, 0.6) is 5.75 Å². The first-order valence-corrected chi connectivity index (χ1v) is 10.8. The normalized spacial score (nSPS) is 17.5. The van der Waals surface area contributed by atoms with Gasteiger partial charge >= 0.3 is 6.36 Å². The number of halogens is 3. The van der Waals surface area contributed by atoms with E-state index in [-0.39, 0.29) is 17.0 Å². The molecular formula is C27H17F3N2O4. The summed E-state index contributed by atoms with van der Waals surface area (Å²) in [4.78, 5) is 31.7. The van der Waals surface area contributed by atoms with Gasteiger partial charge in [0.15, 0.2) is 0 Å². The third-order valence-electron chi connectivity index (χ3n) is 5.76. The van der Waals surface area contributed by atoms with Crippen molar-refractivity contribution >= 4 is 33.9 Å². The summed E-state index contributed by atoms with van der Waals surface area (Å²) in [5.41, 5.74) is 0.311. The molecule has 0 saturated carbocycles. The molecule has 180 valence electrons. The maximum atomic E-state index is 13.2. The Hall–Kier alpha value is -4.66. The van der Waals surface area contributed by atoms with E-state index in [9.17, 15) is 27.9 Å². The van der Waals surface area contributed by atoms with Crippen LogP contribution < -0.4 is 9.64 Å². The maximum Gasteiger partial charge on any atom is 0.573 e. The zero-order valence-corrected chi connectivity index (χ0v) is 18.4. The van der Waals surface area contributed by atoms with Crippen LogP contribution in [0.25, 0.3) is 16.5 Å². The van der Waals surface area contributed by atoms with Crippen molar-refractivity contribution in [2.75, 3.05) is 4.90 Å². The second-order valence-electron chi connectivity index (χ2n) is 8.03. The van der Waals surface area contributed by atoms with Crippen molar-refractivity contribution < 1.29 is 32.6 Å². The third-order valence-corrected chi connectivity index (χ3v) is 5.76. The summed E-state index contributed by atoms with van der Waals surface area (Å²) < 4.78 is 42.4. The zero-order valence-electron chi connectivity index (χ0n) is 18.4. The van der Waals surface area contributed by atoms with Gasteiger partial charge in [0.05, 0.1) is 11.3 Å². The van der Waals surface area contributed by atoms with Gasteiger partial charge in [0.2, 0.25) is 0 Å². The monoisotopic (exact) mass is 490 g/mol. The Labute approximate surface area is 202 Å². The molecule has 1 amide bonds. The molecule has 1 aromatic heterocycles. The highest BCUT2D eigenvalue weighted by Gasteiger charge is 2.47. The number of rotatable bonds is 4. The van der Waals surface area contributed by atoms with Crippen molar-refractivity contribution in [1.29, 1.82) is 0 Å². The van der Waals surface area contributed by atoms with Crippen LogP contribution in [0.1, 0.15) is 17.3 Å². The van der Waals surface area contributed by atoms with Gasteiger partial charge in [-0.25, -0.2) is 0 Å². The Balaban J connectivity index is 1.68. The number of pyridine rings is 1. The number of Topliss-reactive ketones (excluding diaryl/α,β-unsaturated/α-hetero) is 1. The van der Waals surface area contributed by atoms with Crippen LogP contribution in [-0.4, -0.2) is 28.1 Å². The quantitative estimate of drug-likeness (QED) is 0.224. The number of aromatic nitrogens is 1. The summed E-state index contributed by atoms with van der Waals surface area (Å²) in [5, 5.41) is 13.0. The number of carbonyl (C=O) groups is 2. The minimum Gasteiger partial charge on any atom is -0.507 e. The average molecular weight is 490 g/mol. The Kier molecular flexibility index (Phi) is 5.68. The zero-order chi connectivity index (χ0) is 25.4. The van der Waals surface area contributed by atoms with Crippen molar-refractivity contribution in [3.8, 4) is 5.75 Å². The van der Waals surface area contributed by atoms with Gasteiger partial charge in [0.1, 0.15) is 17.6 Å². The van der Waals surface area contributed by atoms with Crippen molar-refractivity contribution in [2.45, 2.75) is 12.4 Å². The molecule has 1 atom stereocenters. The number of benzene rings is 3. The van der Waals surface area contributed by atoms with E-state index in [0.717, 1.165) is 27.8 Å². The first kappa shape index (κ1) is 23.1. The molecule has 6 nitrogen and oxygen atoms in total. The molecule has 1 aliphatic heterocycles. The number of alkyl halides is 3. The Morgan fingerprint density at radius 3 is 2.36 bits per heavy atom. The molecule has 0 bridgehead atoms. The molecule has 9 heteroatoms. The maximum absolute atomic E-state index is 13.2. The van der Waals surface area contributed by atoms with Crippen LogP contribution in [0.2, 0.25) is 0 Å². The van der Waals surface area contributed by atoms with Crippen molar-refractivity contribution in [1.82, 2.24) is 4.98 Å². The van der Waals surface area contributed by atoms with Crippen molar-refractivity contribution in [2.24, 2.45) is 0 Å². The Bertz CT molecular complexity index is 1520. The number of hydrogen-bond acceptors (Lipinski definition) is 5. The van der Waals surface area contributed by atoms with Gasteiger partial charge in [-0.1, -0.05) is 48.5 Å². The number of aliphatic hydroxyl groups is 1. The summed E-state index contributed by atoms with van der Waals surface area (Å²) in [5.74, 6) is -2.98. The minimum absolute atomic E-state index is 0.0212. The first-order chi connectivity index (χ1) is 17.2. The number of nitrogens with zero attached hydrogens (tertiary/aromatic N) is 2. The predicted octanol–water partition coefficient (Wildman–Crippen LogP) is 5.76. The molecule has 0 aliphatic carbocycles. The van der Waals surface area contributed by atoms with Gasteiger partial charge in [-0.2, -0.15) is 0 Å². The molecule has 5 rings (SSSR count). The highest BCUT2D eigenvalue weighted by Crippen LogP contribution is 2.42. The second-order valence-corrected chi connectivity index (χ2v) is 8.03. The van der Waals surface area contributed by atoms with Crippen LogP contribution in [0.4, 0.5) is 18.9 Å². The number of aliphatic hydroxyl groups excluding tert-OH is 1. The Morgan fingerprint density at radius 2 is 1.64 bits per heavy atom. The number of ether oxygens (including phenoxy) is 1. The Morgan fingerprint density at radius 1 is 0.889 bits per heavy atom. The molecule has 4 aromatic rings. The standard InChI is InChI=1S/C27H17F3N2O4/c28-27(29,30)36-20-9-5-8-19(15-20)32-23(21-10-3-4-13-31-21)22(25(34)26(32)35)24(33)18-12-11-16-6-1-2-7-17(16)14-18/h1-15,23,33H/b24-22-. The van der Waals surface area contributed by atoms with E-state index >= 15 is 0 Å². The number of carbonyl (C=O) groups excluding carboxylic acids is 2. The molecule has 0 radical (unpaired) electrons. The van der Waals surface area contributed by atoms with Crippen molar-refractivity contribution in [3.63, 3.8) is 0 Å². The molecule has 0 spiro atoms. The number of hydrogen-bond donors (Lipinski definition) is 1. The first-order valence-electron chi connectivity index (χ1n) is 10.8. The number of anilines is 1. The van der Waals surface area contributed by atoms with Crippen LogP contribution in [-0.2, 0) is 9.59 Å². The lowest BCUT2D eigenvalue weighted by Crippen LogP contribution is -2.30. The van der Waals surface area contributed by atoms with Crippen LogP contribution >= 0.6 is 0 Å². The minimum atomic E-state index is -4.94. The number of fused-ring (bicyclic) bond motifs is 1. The third kappa shape index (κ3) is 4.26. The van der Waals surface area contributed by atoms with E-state index in [0.29, 0.717) is 5.56 Å². The SMILES string of the molecule is O=C1C(=O)N(c2cccc(OC(F)(F)F)c2)C(c2ccccn2)/C1=C(/O)c1ccc2ccccc2c1. The van der Waals surface area contributed by atoms with Gasteiger partial charge in [0, 0.05) is 23.5 Å². The van der Waals surface area contributed by atoms with E-state index in [2.05, 4.69) is 9.72 Å². The van der Waals surface area contributed by atoms with Gasteiger partial charge < -0.3 is 9.84 Å². The highest BCUT2D eigenvalue weighted by atomic mass is 19.4. The lowest BCUT2D eigenvalue weighted by molar-refractivity contribution is -0.274. The van der Waals surface area contributed by atoms with E-state index in [4.69, 9.17) is 0 Å². The number of ketones is 1. The molecule has 1 fully saturated rings. The van der Waals surface area contributed by atoms with Crippen LogP contribution in [0, 0.1) is 0 Å². The molecular weight excluding hydrogens is 473 g/mol. The van der Waals surface area contributed by atoms with Crippen LogP contribution in [0.15, 0.2) is 96.7 Å². The van der Waals surface area contributed by atoms with E-state index in [1.165, 1.54) is 18.3 Å². The summed E-state index contributed by atoms with van der Waals surface area (Å²) in [6.45, 7) is 0. The van der Waals surface area contributed by atoms with E-state index in [1.807, 2.05) is 24.3 Å². The molecule has 2 heterocycles. The largest absolute Gasteiger partial charge is 0.573 e. The molecule has 3 aromatic carbocycles. The predicted molar refractivity (Wildman–Crippen MR) is 126 cm³/mol. The van der Waals surface area contributed by atoms with Crippen molar-refractivity contribution in [3.05, 3.63) is 108 Å². The second kappa shape index (κ2) is 8.84. The molecule has 1 aliphatic rings. The topological polar surface area (TPSA) is 79.7 Å². The van der Waals surface area contributed by atoms with E-state index in [1.54, 1.807) is 36.4 Å². The fourth-order valence-corrected chi connectivity index (χ4v) is 4.24. The summed E-state index contributed by atoms with van der Waals surface area (Å²) in [6, 6.07) is 20.9. The number of amides is 1. The summed E-state index contributed by atoms with van der Waals surface area (Å²) in [6.07, 6.45) is -3.49. The smallest absolute Gasteiger partial charge is 0.507 e. The summed E-state index contributed by atoms with van der Waals surface area (Å²) in [7, 11) is 0. The summed E-state index contributed by atoms with van der Waals surface area (Å²) >= 11 is 0. The van der Waals surface area contributed by atoms with Gasteiger partial charge in [0.25, 0.3) is 11.7 Å². The highest BCUT2D eigenvalue weighted by molar-refractivity contribution is 6.51. The molecule has 1 saturated heterocycles. The molecule has 1 unspecified atom stereocenters. The lowest BCUT2D eigenvalue weighted by atomic mass is 9.97. The van der Waals surface area contributed by atoms with Gasteiger partial charge in [-0.3, -0.25) is 19.5 Å². The van der Waals surface area contributed by atoms with Gasteiger partial charge in [-0.15, -0.1) is 13.2 Å². The van der Waals surface area contributed by atoms with Crippen LogP contribution in [0.3, 0.4) is 0 Å². The average Bonchev–Trinajstić information content (AvgIpc) is 3.13. The van der Waals surface area contributed by atoms with E-state index < -0.39 is 35.6 Å².